The number of halogens is 3. The number of thioether (sulfide) groups is 1. The maximum atomic E-state index is 13.6. The fourth-order valence-corrected chi connectivity index (χ4v) is 6.05. The topological polar surface area (TPSA) is 59.1 Å². The van der Waals surface area contributed by atoms with Gasteiger partial charge in [-0.25, -0.2) is 13.4 Å². The summed E-state index contributed by atoms with van der Waals surface area (Å²) < 4.78 is 68.3. The molecule has 9 heteroatoms. The number of aromatic nitrogens is 1. The van der Waals surface area contributed by atoms with E-state index in [4.69, 9.17) is 0 Å². The molecule has 0 fully saturated rings. The molecule has 0 aliphatic heterocycles. The molecule has 1 atom stereocenters. The SMILES string of the molecule is Cc1cc(C)c(S(=O)(=O)NC(CSc2ccc3ccccc3n2)C(F)(F)F)c(C)c1. The lowest BCUT2D eigenvalue weighted by Gasteiger charge is -2.22. The van der Waals surface area contributed by atoms with E-state index in [2.05, 4.69) is 4.98 Å². The predicted octanol–water partition coefficient (Wildman–Crippen LogP) is 5.16. The van der Waals surface area contributed by atoms with Gasteiger partial charge in [-0.05, 0) is 44.0 Å². The summed E-state index contributed by atoms with van der Waals surface area (Å²) in [6.45, 7) is 4.95. The fourth-order valence-electron chi connectivity index (χ4n) is 3.33. The van der Waals surface area contributed by atoms with E-state index in [1.165, 1.54) is 0 Å². The number of pyridine rings is 1. The second-order valence-electron chi connectivity index (χ2n) is 7.10. The number of alkyl halides is 3. The Morgan fingerprint density at radius 3 is 2.30 bits per heavy atom. The van der Waals surface area contributed by atoms with Crippen LogP contribution in [0.4, 0.5) is 13.2 Å². The number of para-hydroxylation sites is 1. The highest BCUT2D eigenvalue weighted by molar-refractivity contribution is 7.99. The van der Waals surface area contributed by atoms with Crippen LogP contribution in [0.25, 0.3) is 10.9 Å². The van der Waals surface area contributed by atoms with E-state index in [1.54, 1.807) is 57.2 Å². The monoisotopic (exact) mass is 454 g/mol. The molecule has 0 aliphatic carbocycles. The van der Waals surface area contributed by atoms with E-state index in [0.717, 1.165) is 22.7 Å². The highest BCUT2D eigenvalue weighted by Crippen LogP contribution is 2.29. The van der Waals surface area contributed by atoms with Crippen molar-refractivity contribution in [3.8, 4) is 0 Å². The van der Waals surface area contributed by atoms with Crippen LogP contribution in [0.3, 0.4) is 0 Å². The smallest absolute Gasteiger partial charge is 0.241 e. The largest absolute Gasteiger partial charge is 0.405 e. The number of hydrogen-bond acceptors (Lipinski definition) is 4. The number of rotatable bonds is 6. The standard InChI is InChI=1S/C21H21F3N2O2S2/c1-13-10-14(2)20(15(3)11-13)30(27,28)26-18(21(22,23)24)12-29-19-9-8-16-6-4-5-7-17(16)25-19/h4-11,18,26H,12H2,1-3H3. The van der Waals surface area contributed by atoms with Crippen molar-refractivity contribution < 1.29 is 21.6 Å². The molecule has 0 spiro atoms. The summed E-state index contributed by atoms with van der Waals surface area (Å²) >= 11 is 0.859. The van der Waals surface area contributed by atoms with Crippen LogP contribution >= 0.6 is 11.8 Å². The number of sulfonamides is 1. The molecule has 2 aromatic carbocycles. The van der Waals surface area contributed by atoms with Gasteiger partial charge in [0.15, 0.2) is 0 Å². The van der Waals surface area contributed by atoms with Crippen LogP contribution in [0, 0.1) is 20.8 Å². The third-order valence-corrected chi connectivity index (χ3v) is 7.34. The second kappa shape index (κ2) is 8.56. The summed E-state index contributed by atoms with van der Waals surface area (Å²) in [6, 6.07) is 11.7. The summed E-state index contributed by atoms with van der Waals surface area (Å²) in [4.78, 5) is 4.23. The van der Waals surface area contributed by atoms with E-state index in [0.29, 0.717) is 21.7 Å². The molecule has 160 valence electrons. The van der Waals surface area contributed by atoms with Gasteiger partial charge < -0.3 is 0 Å². The first-order chi connectivity index (χ1) is 14.0. The van der Waals surface area contributed by atoms with Gasteiger partial charge in [0.2, 0.25) is 10.0 Å². The average Bonchev–Trinajstić information content (AvgIpc) is 2.63. The van der Waals surface area contributed by atoms with Gasteiger partial charge in [-0.2, -0.15) is 17.9 Å². The van der Waals surface area contributed by atoms with Gasteiger partial charge in [0.1, 0.15) is 6.04 Å². The zero-order valence-corrected chi connectivity index (χ0v) is 18.3. The van der Waals surface area contributed by atoms with Crippen LogP contribution in [-0.4, -0.2) is 31.4 Å². The first kappa shape index (κ1) is 22.6. The lowest BCUT2D eigenvalue weighted by molar-refractivity contribution is -0.145. The van der Waals surface area contributed by atoms with E-state index in [-0.39, 0.29) is 4.90 Å². The van der Waals surface area contributed by atoms with Gasteiger partial charge in [-0.3, -0.25) is 0 Å². The molecule has 1 aromatic heterocycles. The zero-order valence-electron chi connectivity index (χ0n) is 16.6. The van der Waals surface area contributed by atoms with E-state index >= 15 is 0 Å². The molecule has 3 aromatic rings. The van der Waals surface area contributed by atoms with Crippen LogP contribution < -0.4 is 4.72 Å². The summed E-state index contributed by atoms with van der Waals surface area (Å²) in [6.07, 6.45) is -4.75. The average molecular weight is 455 g/mol. The Balaban J connectivity index is 1.84. The van der Waals surface area contributed by atoms with E-state index in [1.807, 2.05) is 16.9 Å². The number of hydrogen-bond donors (Lipinski definition) is 1. The van der Waals surface area contributed by atoms with Crippen LogP contribution in [0.2, 0.25) is 0 Å². The fraction of sp³-hybridized carbons (Fsp3) is 0.286. The number of nitrogens with zero attached hydrogens (tertiary/aromatic N) is 1. The second-order valence-corrected chi connectivity index (χ2v) is 9.79. The van der Waals surface area contributed by atoms with Crippen molar-refractivity contribution >= 4 is 32.7 Å². The van der Waals surface area contributed by atoms with Crippen molar-refractivity contribution in [2.24, 2.45) is 0 Å². The zero-order chi connectivity index (χ0) is 22.1. The number of aryl methyl sites for hydroxylation is 3. The Kier molecular flexibility index (Phi) is 6.45. The Morgan fingerprint density at radius 2 is 1.67 bits per heavy atom. The molecule has 1 unspecified atom stereocenters. The molecular formula is C21H21F3N2O2S2. The Hall–Kier alpha value is -2.10. The van der Waals surface area contributed by atoms with Crippen LogP contribution in [0.5, 0.6) is 0 Å². The molecule has 0 radical (unpaired) electrons. The van der Waals surface area contributed by atoms with Crippen LogP contribution in [0.15, 0.2) is 58.5 Å². The molecule has 1 N–H and O–H groups in total. The highest BCUT2D eigenvalue weighted by atomic mass is 32.2. The molecule has 30 heavy (non-hydrogen) atoms. The Bertz CT molecular complexity index is 1160. The summed E-state index contributed by atoms with van der Waals surface area (Å²) in [7, 11) is -4.36. The van der Waals surface area contributed by atoms with Crippen LogP contribution in [0.1, 0.15) is 16.7 Å². The highest BCUT2D eigenvalue weighted by Gasteiger charge is 2.42. The van der Waals surface area contributed by atoms with Crippen molar-refractivity contribution in [2.75, 3.05) is 5.75 Å². The quantitative estimate of drug-likeness (QED) is 0.523. The first-order valence-electron chi connectivity index (χ1n) is 9.13. The molecular weight excluding hydrogens is 433 g/mol. The van der Waals surface area contributed by atoms with Gasteiger partial charge >= 0.3 is 6.18 Å². The number of fused-ring (bicyclic) bond motifs is 1. The first-order valence-corrected chi connectivity index (χ1v) is 11.6. The van der Waals surface area contributed by atoms with Gasteiger partial charge in [-0.15, -0.1) is 11.8 Å². The lowest BCUT2D eigenvalue weighted by Crippen LogP contribution is -2.47. The predicted molar refractivity (Wildman–Crippen MR) is 113 cm³/mol. The summed E-state index contributed by atoms with van der Waals surface area (Å²) in [5.41, 5.74) is 2.32. The maximum Gasteiger partial charge on any atom is 0.405 e. The molecule has 0 aliphatic rings. The van der Waals surface area contributed by atoms with Gasteiger partial charge in [0.05, 0.1) is 15.4 Å². The minimum absolute atomic E-state index is 0.115. The molecule has 4 nitrogen and oxygen atoms in total. The number of nitrogens with one attached hydrogen (secondary N) is 1. The molecule has 0 saturated carbocycles. The van der Waals surface area contributed by atoms with E-state index in [9.17, 15) is 21.6 Å². The summed E-state index contributed by atoms with van der Waals surface area (Å²) in [5.74, 6) is -0.530. The number of benzene rings is 2. The lowest BCUT2D eigenvalue weighted by atomic mass is 10.1. The molecule has 0 amide bonds. The van der Waals surface area contributed by atoms with E-state index < -0.39 is 28.0 Å². The van der Waals surface area contributed by atoms with Crippen molar-refractivity contribution in [3.63, 3.8) is 0 Å². The Labute approximate surface area is 178 Å². The molecule has 3 rings (SSSR count). The normalized spacial score (nSPS) is 13.5. The maximum absolute atomic E-state index is 13.6. The van der Waals surface area contributed by atoms with Crippen molar-refractivity contribution in [2.45, 2.75) is 42.9 Å². The van der Waals surface area contributed by atoms with Gasteiger partial charge in [0, 0.05) is 11.1 Å². The minimum atomic E-state index is -4.75. The third-order valence-electron chi connectivity index (χ3n) is 4.54. The van der Waals surface area contributed by atoms with Crippen molar-refractivity contribution in [3.05, 3.63) is 65.2 Å². The third kappa shape index (κ3) is 5.14. The summed E-state index contributed by atoms with van der Waals surface area (Å²) in [5, 5.41) is 1.27. The van der Waals surface area contributed by atoms with Gasteiger partial charge in [0.25, 0.3) is 0 Å². The van der Waals surface area contributed by atoms with Crippen molar-refractivity contribution in [1.29, 1.82) is 0 Å². The molecule has 0 bridgehead atoms. The van der Waals surface area contributed by atoms with Crippen molar-refractivity contribution in [1.82, 2.24) is 9.71 Å². The van der Waals surface area contributed by atoms with Crippen LogP contribution in [-0.2, 0) is 10.0 Å². The molecule has 0 saturated heterocycles. The Morgan fingerprint density at radius 1 is 1.03 bits per heavy atom. The molecule has 1 heterocycles. The minimum Gasteiger partial charge on any atom is -0.241 e. The van der Waals surface area contributed by atoms with Gasteiger partial charge in [-0.1, -0.05) is 42.0 Å².